The molecule has 0 spiro atoms. The van der Waals surface area contributed by atoms with E-state index in [1.165, 1.54) is 16.2 Å². The minimum Gasteiger partial charge on any atom is -0.496 e. The summed E-state index contributed by atoms with van der Waals surface area (Å²) in [7, 11) is 1.68. The van der Waals surface area contributed by atoms with E-state index >= 15 is 0 Å². The molecule has 1 N–H and O–H groups in total. The van der Waals surface area contributed by atoms with Gasteiger partial charge in [-0.25, -0.2) is 0 Å². The van der Waals surface area contributed by atoms with Crippen LogP contribution in [0.15, 0.2) is 36.4 Å². The monoisotopic (exact) mass is 272 g/mol. The van der Waals surface area contributed by atoms with Crippen LogP contribution in [0, 0.1) is 11.3 Å². The molecule has 0 aliphatic heterocycles. The van der Waals surface area contributed by atoms with Crippen molar-refractivity contribution in [3.8, 4) is 11.8 Å². The predicted octanol–water partition coefficient (Wildman–Crippen LogP) is 3.48. The Kier molecular flexibility index (Phi) is 4.56. The Morgan fingerprint density at radius 1 is 1.32 bits per heavy atom. The van der Waals surface area contributed by atoms with Gasteiger partial charge in [-0.3, -0.25) is 0 Å². The molecule has 1 aromatic carbocycles. The van der Waals surface area contributed by atoms with E-state index in [0.717, 1.165) is 22.7 Å². The Morgan fingerprint density at radius 2 is 2.11 bits per heavy atom. The van der Waals surface area contributed by atoms with Gasteiger partial charge in [0, 0.05) is 23.0 Å². The first-order valence-electron chi connectivity index (χ1n) is 6.09. The van der Waals surface area contributed by atoms with E-state index in [0.29, 0.717) is 0 Å². The highest BCUT2D eigenvalue weighted by Crippen LogP contribution is 2.25. The number of nitrogens with zero attached hydrogens (tertiary/aromatic N) is 1. The molecule has 1 aromatic heterocycles. The number of thiophene rings is 1. The third kappa shape index (κ3) is 3.34. The van der Waals surface area contributed by atoms with Crippen LogP contribution in [0.2, 0.25) is 0 Å². The first kappa shape index (κ1) is 13.6. The SMILES string of the molecule is COc1ccccc1C(C)NCc1ccc(C#N)s1. The fraction of sp³-hybridized carbons (Fsp3) is 0.267. The van der Waals surface area contributed by atoms with Gasteiger partial charge in [0.1, 0.15) is 16.7 Å². The molecule has 2 rings (SSSR count). The Hall–Kier alpha value is -1.83. The van der Waals surface area contributed by atoms with Crippen molar-refractivity contribution < 1.29 is 4.74 Å². The second-order valence-corrected chi connectivity index (χ2v) is 5.39. The van der Waals surface area contributed by atoms with Gasteiger partial charge >= 0.3 is 0 Å². The fourth-order valence-electron chi connectivity index (χ4n) is 1.92. The summed E-state index contributed by atoms with van der Waals surface area (Å²) in [5.74, 6) is 0.895. The second-order valence-electron chi connectivity index (χ2n) is 4.22. The minimum absolute atomic E-state index is 0.198. The zero-order valence-electron chi connectivity index (χ0n) is 11.0. The Labute approximate surface area is 117 Å². The largest absolute Gasteiger partial charge is 0.496 e. The van der Waals surface area contributed by atoms with Gasteiger partial charge in [-0.15, -0.1) is 11.3 Å². The van der Waals surface area contributed by atoms with Gasteiger partial charge in [0.15, 0.2) is 0 Å². The third-order valence-corrected chi connectivity index (χ3v) is 3.95. The van der Waals surface area contributed by atoms with Gasteiger partial charge in [-0.05, 0) is 25.1 Å². The standard InChI is InChI=1S/C15H16N2OS/c1-11(14-5-3-4-6-15(14)18-2)17-10-13-8-7-12(9-16)19-13/h3-8,11,17H,10H2,1-2H3. The van der Waals surface area contributed by atoms with Crippen molar-refractivity contribution in [3.05, 3.63) is 51.7 Å². The maximum atomic E-state index is 8.80. The lowest BCUT2D eigenvalue weighted by Crippen LogP contribution is -2.18. The number of nitriles is 1. The molecule has 19 heavy (non-hydrogen) atoms. The van der Waals surface area contributed by atoms with E-state index in [1.807, 2.05) is 30.3 Å². The summed E-state index contributed by atoms with van der Waals surface area (Å²) >= 11 is 1.53. The van der Waals surface area contributed by atoms with Gasteiger partial charge in [-0.2, -0.15) is 5.26 Å². The van der Waals surface area contributed by atoms with Crippen molar-refractivity contribution in [3.63, 3.8) is 0 Å². The van der Waals surface area contributed by atoms with Gasteiger partial charge in [0.25, 0.3) is 0 Å². The molecule has 0 radical (unpaired) electrons. The van der Waals surface area contributed by atoms with E-state index in [9.17, 15) is 0 Å². The summed E-state index contributed by atoms with van der Waals surface area (Å²) in [5, 5.41) is 12.2. The third-order valence-electron chi connectivity index (χ3n) is 2.96. The highest BCUT2D eigenvalue weighted by atomic mass is 32.1. The lowest BCUT2D eigenvalue weighted by molar-refractivity contribution is 0.401. The zero-order chi connectivity index (χ0) is 13.7. The van der Waals surface area contributed by atoms with Crippen LogP contribution in [-0.4, -0.2) is 7.11 Å². The number of ether oxygens (including phenoxy) is 1. The highest BCUT2D eigenvalue weighted by molar-refractivity contribution is 7.12. The normalized spacial score (nSPS) is 11.8. The Balaban J connectivity index is 2.01. The van der Waals surface area contributed by atoms with Crippen molar-refractivity contribution in [1.29, 1.82) is 5.26 Å². The summed E-state index contributed by atoms with van der Waals surface area (Å²) in [6.07, 6.45) is 0. The number of nitrogens with one attached hydrogen (secondary N) is 1. The number of methoxy groups -OCH3 is 1. The topological polar surface area (TPSA) is 45.0 Å². The van der Waals surface area contributed by atoms with Crippen molar-refractivity contribution in [2.24, 2.45) is 0 Å². The summed E-state index contributed by atoms with van der Waals surface area (Å²) in [4.78, 5) is 1.92. The molecule has 4 heteroatoms. The lowest BCUT2D eigenvalue weighted by atomic mass is 10.1. The Morgan fingerprint density at radius 3 is 2.79 bits per heavy atom. The quantitative estimate of drug-likeness (QED) is 0.906. The number of hydrogen-bond donors (Lipinski definition) is 1. The summed E-state index contributed by atoms with van der Waals surface area (Å²) in [6, 6.07) is 14.2. The molecule has 0 fully saturated rings. The summed E-state index contributed by atoms with van der Waals surface area (Å²) < 4.78 is 5.36. The Bertz CT molecular complexity index is 586. The molecule has 0 saturated heterocycles. The van der Waals surface area contributed by atoms with E-state index < -0.39 is 0 Å². The number of hydrogen-bond acceptors (Lipinski definition) is 4. The van der Waals surface area contributed by atoms with Crippen LogP contribution in [0.5, 0.6) is 5.75 Å². The highest BCUT2D eigenvalue weighted by Gasteiger charge is 2.10. The number of para-hydroxylation sites is 1. The van der Waals surface area contributed by atoms with E-state index in [1.54, 1.807) is 7.11 Å². The average molecular weight is 272 g/mol. The van der Waals surface area contributed by atoms with Crippen molar-refractivity contribution in [2.75, 3.05) is 7.11 Å². The minimum atomic E-state index is 0.198. The molecule has 1 atom stereocenters. The molecular weight excluding hydrogens is 256 g/mol. The molecule has 0 amide bonds. The van der Waals surface area contributed by atoms with Crippen LogP contribution in [0.4, 0.5) is 0 Å². The summed E-state index contributed by atoms with van der Waals surface area (Å²) in [6.45, 7) is 2.86. The van der Waals surface area contributed by atoms with Crippen molar-refractivity contribution in [1.82, 2.24) is 5.32 Å². The molecule has 1 heterocycles. The van der Waals surface area contributed by atoms with Gasteiger partial charge in [0.2, 0.25) is 0 Å². The number of rotatable bonds is 5. The van der Waals surface area contributed by atoms with Gasteiger partial charge < -0.3 is 10.1 Å². The maximum absolute atomic E-state index is 8.80. The van der Waals surface area contributed by atoms with Gasteiger partial charge in [-0.1, -0.05) is 18.2 Å². The predicted molar refractivity (Wildman–Crippen MR) is 77.3 cm³/mol. The molecule has 98 valence electrons. The first-order chi connectivity index (χ1) is 9.24. The smallest absolute Gasteiger partial charge is 0.123 e. The number of benzene rings is 1. The van der Waals surface area contributed by atoms with Crippen LogP contribution in [-0.2, 0) is 6.54 Å². The van der Waals surface area contributed by atoms with E-state index in [2.05, 4.69) is 24.4 Å². The molecule has 0 bridgehead atoms. The molecule has 2 aromatic rings. The zero-order valence-corrected chi connectivity index (χ0v) is 11.8. The van der Waals surface area contributed by atoms with Crippen LogP contribution in [0.1, 0.15) is 28.3 Å². The fourth-order valence-corrected chi connectivity index (χ4v) is 2.68. The second kappa shape index (κ2) is 6.37. The summed E-state index contributed by atoms with van der Waals surface area (Å²) in [5.41, 5.74) is 1.14. The van der Waals surface area contributed by atoms with Crippen LogP contribution in [0.25, 0.3) is 0 Å². The molecule has 0 saturated carbocycles. The van der Waals surface area contributed by atoms with E-state index in [-0.39, 0.29) is 6.04 Å². The van der Waals surface area contributed by atoms with Crippen LogP contribution >= 0.6 is 11.3 Å². The first-order valence-corrected chi connectivity index (χ1v) is 6.91. The molecular formula is C15H16N2OS. The molecule has 1 unspecified atom stereocenters. The van der Waals surface area contributed by atoms with Crippen LogP contribution < -0.4 is 10.1 Å². The van der Waals surface area contributed by atoms with E-state index in [4.69, 9.17) is 10.00 Å². The maximum Gasteiger partial charge on any atom is 0.123 e. The van der Waals surface area contributed by atoms with Crippen molar-refractivity contribution in [2.45, 2.75) is 19.5 Å². The van der Waals surface area contributed by atoms with Gasteiger partial charge in [0.05, 0.1) is 7.11 Å². The lowest BCUT2D eigenvalue weighted by Gasteiger charge is -2.16. The van der Waals surface area contributed by atoms with Crippen molar-refractivity contribution >= 4 is 11.3 Å². The molecule has 0 aliphatic carbocycles. The average Bonchev–Trinajstić information content (AvgIpc) is 2.92. The van der Waals surface area contributed by atoms with Crippen LogP contribution in [0.3, 0.4) is 0 Å². The molecule has 0 aliphatic rings. The molecule has 3 nitrogen and oxygen atoms in total.